The number of rotatable bonds is 8. The number of unbranched alkanes of at least 4 members (excludes halogenated alkanes) is 3. The zero-order valence-corrected chi connectivity index (χ0v) is 10.7. The lowest BCUT2D eigenvalue weighted by Crippen LogP contribution is -2.01. The van der Waals surface area contributed by atoms with Crippen molar-refractivity contribution in [3.05, 3.63) is 29.8 Å². The van der Waals surface area contributed by atoms with E-state index in [1.165, 1.54) is 7.11 Å². The van der Waals surface area contributed by atoms with Gasteiger partial charge in [0.2, 0.25) is 0 Å². The first-order valence-corrected chi connectivity index (χ1v) is 6.15. The second kappa shape index (κ2) is 8.50. The van der Waals surface area contributed by atoms with Crippen LogP contribution in [0.2, 0.25) is 0 Å². The molecule has 0 aliphatic carbocycles. The molecule has 18 heavy (non-hydrogen) atoms. The van der Waals surface area contributed by atoms with Gasteiger partial charge in [0.25, 0.3) is 0 Å². The Kier molecular flexibility index (Phi) is 6.84. The molecule has 0 aliphatic rings. The fourth-order valence-electron chi connectivity index (χ4n) is 1.55. The summed E-state index contributed by atoms with van der Waals surface area (Å²) in [5.74, 6) is 0.376. The van der Waals surface area contributed by atoms with Gasteiger partial charge in [0, 0.05) is 0 Å². The van der Waals surface area contributed by atoms with Crippen LogP contribution in [0.25, 0.3) is 0 Å². The Morgan fingerprint density at radius 3 is 2.39 bits per heavy atom. The fourth-order valence-corrected chi connectivity index (χ4v) is 1.55. The molecule has 1 aromatic rings. The highest BCUT2D eigenvalue weighted by molar-refractivity contribution is 5.89. The Labute approximate surface area is 107 Å². The molecule has 0 heterocycles. The van der Waals surface area contributed by atoms with Gasteiger partial charge in [0.05, 0.1) is 26.0 Å². The van der Waals surface area contributed by atoms with E-state index in [0.717, 1.165) is 25.0 Å². The van der Waals surface area contributed by atoms with Gasteiger partial charge < -0.3 is 9.47 Å². The zero-order valence-electron chi connectivity index (χ0n) is 10.7. The van der Waals surface area contributed by atoms with E-state index in [4.69, 9.17) is 4.74 Å². The molecule has 0 radical (unpaired) electrons. The van der Waals surface area contributed by atoms with E-state index in [2.05, 4.69) is 4.74 Å². The molecule has 0 bridgehead atoms. The first-order chi connectivity index (χ1) is 8.77. The van der Waals surface area contributed by atoms with Crippen LogP contribution in [0, 0.1) is 0 Å². The van der Waals surface area contributed by atoms with Crippen LogP contribution in [0.3, 0.4) is 0 Å². The number of methoxy groups -OCH3 is 1. The van der Waals surface area contributed by atoms with Crippen molar-refractivity contribution in [1.29, 1.82) is 0 Å². The van der Waals surface area contributed by atoms with Crippen molar-refractivity contribution in [3.63, 3.8) is 0 Å². The second-order valence-electron chi connectivity index (χ2n) is 3.97. The molecule has 0 fully saturated rings. The zero-order chi connectivity index (χ0) is 13.2. The molecule has 0 saturated carbocycles. The van der Waals surface area contributed by atoms with Crippen LogP contribution in [0.15, 0.2) is 24.3 Å². The maximum Gasteiger partial charge on any atom is 0.337 e. The van der Waals surface area contributed by atoms with Crippen LogP contribution in [-0.2, 0) is 4.74 Å². The average Bonchev–Trinajstić information content (AvgIpc) is 2.42. The number of carbonyl (C=O) groups is 1. The van der Waals surface area contributed by atoms with Gasteiger partial charge in [-0.2, -0.15) is 0 Å². The molecule has 0 N–H and O–H groups in total. The Morgan fingerprint density at radius 1 is 1.11 bits per heavy atom. The normalized spacial score (nSPS) is 10.1. The van der Waals surface area contributed by atoms with Crippen LogP contribution in [0.4, 0.5) is 4.39 Å². The van der Waals surface area contributed by atoms with Crippen LogP contribution in [-0.4, -0.2) is 26.4 Å². The van der Waals surface area contributed by atoms with Crippen LogP contribution < -0.4 is 4.74 Å². The molecule has 1 rings (SSSR count). The van der Waals surface area contributed by atoms with E-state index in [0.29, 0.717) is 18.6 Å². The van der Waals surface area contributed by atoms with E-state index < -0.39 is 0 Å². The van der Waals surface area contributed by atoms with Crippen molar-refractivity contribution in [1.82, 2.24) is 0 Å². The largest absolute Gasteiger partial charge is 0.494 e. The van der Waals surface area contributed by atoms with E-state index >= 15 is 0 Å². The molecule has 3 nitrogen and oxygen atoms in total. The number of alkyl halides is 1. The lowest BCUT2D eigenvalue weighted by molar-refractivity contribution is 0.0600. The number of ether oxygens (including phenoxy) is 2. The van der Waals surface area contributed by atoms with E-state index in [1.54, 1.807) is 24.3 Å². The Bertz CT molecular complexity index is 349. The van der Waals surface area contributed by atoms with Gasteiger partial charge in [0.1, 0.15) is 5.75 Å². The van der Waals surface area contributed by atoms with Gasteiger partial charge >= 0.3 is 5.97 Å². The third-order valence-corrected chi connectivity index (χ3v) is 2.57. The van der Waals surface area contributed by atoms with Crippen molar-refractivity contribution < 1.29 is 18.7 Å². The van der Waals surface area contributed by atoms with Crippen molar-refractivity contribution in [2.24, 2.45) is 0 Å². The standard InChI is InChI=1S/C14H19FO3/c1-17-14(16)12-6-8-13(9-7-12)18-11-5-3-2-4-10-15/h6-9H,2-5,10-11H2,1H3. The number of hydrogen-bond donors (Lipinski definition) is 0. The highest BCUT2D eigenvalue weighted by Gasteiger charge is 2.04. The molecular formula is C14H19FO3. The molecule has 0 unspecified atom stereocenters. The monoisotopic (exact) mass is 254 g/mol. The van der Waals surface area contributed by atoms with Gasteiger partial charge in [-0.25, -0.2) is 4.79 Å². The van der Waals surface area contributed by atoms with E-state index in [9.17, 15) is 9.18 Å². The van der Waals surface area contributed by atoms with Gasteiger partial charge in [-0.05, 0) is 43.5 Å². The van der Waals surface area contributed by atoms with Gasteiger partial charge in [-0.15, -0.1) is 0 Å². The first kappa shape index (κ1) is 14.5. The smallest absolute Gasteiger partial charge is 0.337 e. The summed E-state index contributed by atoms with van der Waals surface area (Å²) < 4.78 is 21.9. The molecule has 0 aromatic heterocycles. The fraction of sp³-hybridized carbons (Fsp3) is 0.500. The molecule has 0 spiro atoms. The number of esters is 1. The Morgan fingerprint density at radius 2 is 1.78 bits per heavy atom. The maximum atomic E-state index is 11.8. The number of halogens is 1. The molecule has 0 atom stereocenters. The minimum absolute atomic E-state index is 0.240. The Hall–Kier alpha value is -1.58. The van der Waals surface area contributed by atoms with Crippen LogP contribution in [0.5, 0.6) is 5.75 Å². The lowest BCUT2D eigenvalue weighted by Gasteiger charge is -2.06. The molecule has 0 aliphatic heterocycles. The minimum Gasteiger partial charge on any atom is -0.494 e. The molecule has 100 valence electrons. The van der Waals surface area contributed by atoms with Crippen molar-refractivity contribution >= 4 is 5.97 Å². The predicted octanol–water partition coefficient (Wildman–Crippen LogP) is 3.38. The summed E-state index contributed by atoms with van der Waals surface area (Å²) in [5.41, 5.74) is 0.507. The van der Waals surface area contributed by atoms with Crippen LogP contribution >= 0.6 is 0 Å². The molecule has 0 saturated heterocycles. The van der Waals surface area contributed by atoms with Crippen molar-refractivity contribution in [3.8, 4) is 5.75 Å². The lowest BCUT2D eigenvalue weighted by atomic mass is 10.2. The summed E-state index contributed by atoms with van der Waals surface area (Å²) in [6.07, 6.45) is 3.43. The van der Waals surface area contributed by atoms with E-state index in [1.807, 2.05) is 0 Å². The highest BCUT2D eigenvalue weighted by atomic mass is 19.1. The summed E-state index contributed by atoms with van der Waals surface area (Å²) in [7, 11) is 1.35. The molecule has 0 amide bonds. The second-order valence-corrected chi connectivity index (χ2v) is 3.97. The van der Waals surface area contributed by atoms with E-state index in [-0.39, 0.29) is 12.6 Å². The molecular weight excluding hydrogens is 235 g/mol. The topological polar surface area (TPSA) is 35.5 Å². The summed E-state index contributed by atoms with van der Waals surface area (Å²) in [5, 5.41) is 0. The number of benzene rings is 1. The highest BCUT2D eigenvalue weighted by Crippen LogP contribution is 2.13. The summed E-state index contributed by atoms with van der Waals surface area (Å²) in [6.45, 7) is 0.375. The van der Waals surface area contributed by atoms with Gasteiger partial charge in [0.15, 0.2) is 0 Å². The summed E-state index contributed by atoms with van der Waals surface area (Å²) in [6, 6.07) is 6.83. The quantitative estimate of drug-likeness (QED) is 0.527. The molecule has 1 aromatic carbocycles. The minimum atomic E-state index is -0.354. The van der Waals surface area contributed by atoms with Crippen LogP contribution in [0.1, 0.15) is 36.0 Å². The SMILES string of the molecule is COC(=O)c1ccc(OCCCCCCF)cc1. The Balaban J connectivity index is 2.25. The third-order valence-electron chi connectivity index (χ3n) is 2.57. The maximum absolute atomic E-state index is 11.8. The summed E-state index contributed by atoms with van der Waals surface area (Å²) >= 11 is 0. The molecule has 4 heteroatoms. The summed E-state index contributed by atoms with van der Waals surface area (Å²) in [4.78, 5) is 11.2. The average molecular weight is 254 g/mol. The number of carbonyl (C=O) groups excluding carboxylic acids is 1. The third kappa shape index (κ3) is 5.17. The number of hydrogen-bond acceptors (Lipinski definition) is 3. The first-order valence-electron chi connectivity index (χ1n) is 6.15. The van der Waals surface area contributed by atoms with Gasteiger partial charge in [-0.1, -0.05) is 6.42 Å². The van der Waals surface area contributed by atoms with Crippen molar-refractivity contribution in [2.75, 3.05) is 20.4 Å². The van der Waals surface area contributed by atoms with Crippen molar-refractivity contribution in [2.45, 2.75) is 25.7 Å². The predicted molar refractivity (Wildman–Crippen MR) is 67.7 cm³/mol. The van der Waals surface area contributed by atoms with Gasteiger partial charge in [-0.3, -0.25) is 4.39 Å².